The number of hydrogen-bond donors (Lipinski definition) is 0. The van der Waals surface area contributed by atoms with E-state index in [2.05, 4.69) is 9.97 Å². The third-order valence-electron chi connectivity index (χ3n) is 4.99. The highest BCUT2D eigenvalue weighted by Crippen LogP contribution is 2.32. The third-order valence-corrected chi connectivity index (χ3v) is 7.34. The summed E-state index contributed by atoms with van der Waals surface area (Å²) < 4.78 is 26.9. The van der Waals surface area contributed by atoms with Gasteiger partial charge < -0.3 is 0 Å². The highest BCUT2D eigenvalue weighted by molar-refractivity contribution is 7.88. The molecule has 1 aromatic carbocycles. The molecule has 3 aromatic rings. The molecule has 1 unspecified atom stereocenters. The molecule has 9 heteroatoms. The van der Waals surface area contributed by atoms with Crippen molar-refractivity contribution in [1.82, 2.24) is 14.3 Å². The zero-order valence-electron chi connectivity index (χ0n) is 16.1. The lowest BCUT2D eigenvalue weighted by Gasteiger charge is -2.35. The van der Waals surface area contributed by atoms with Gasteiger partial charge in [-0.15, -0.1) is 0 Å². The van der Waals surface area contributed by atoms with E-state index in [0.717, 1.165) is 28.8 Å². The second kappa shape index (κ2) is 8.17. The van der Waals surface area contributed by atoms with Gasteiger partial charge in [-0.3, -0.25) is 14.7 Å². The van der Waals surface area contributed by atoms with Crippen LogP contribution in [-0.2, 0) is 21.4 Å². The molecular formula is C20H22N4O3S2. The molecule has 0 bridgehead atoms. The molecule has 0 radical (unpaired) electrons. The van der Waals surface area contributed by atoms with Gasteiger partial charge in [0.15, 0.2) is 5.13 Å². The normalized spacial score (nSPS) is 18.0. The highest BCUT2D eigenvalue weighted by Gasteiger charge is 2.38. The maximum atomic E-state index is 13.6. The SMILES string of the molecule is CS(=O)(=O)N1CCCCC1C(=O)N(Cc1ccccn1)c1nc2ccccc2s1. The van der Waals surface area contributed by atoms with Crippen molar-refractivity contribution in [2.45, 2.75) is 31.8 Å². The number of anilines is 1. The Kier molecular flexibility index (Phi) is 5.62. The quantitative estimate of drug-likeness (QED) is 0.621. The van der Waals surface area contributed by atoms with Crippen LogP contribution >= 0.6 is 11.3 Å². The maximum Gasteiger partial charge on any atom is 0.247 e. The standard InChI is InChI=1S/C20H22N4O3S2/c1-29(26,27)24-13-7-5-10-17(24)19(25)23(14-15-8-4-6-12-21-15)20-22-16-9-2-3-11-18(16)28-20/h2-4,6,8-9,11-12,17H,5,7,10,13-14H2,1H3. The van der Waals surface area contributed by atoms with Crippen LogP contribution < -0.4 is 4.90 Å². The number of amides is 1. The van der Waals surface area contributed by atoms with Crippen molar-refractivity contribution in [2.75, 3.05) is 17.7 Å². The first-order chi connectivity index (χ1) is 13.9. The van der Waals surface area contributed by atoms with Crippen LogP contribution in [0.3, 0.4) is 0 Å². The van der Waals surface area contributed by atoms with Crippen molar-refractivity contribution in [3.63, 3.8) is 0 Å². The van der Waals surface area contributed by atoms with E-state index in [9.17, 15) is 13.2 Å². The Bertz CT molecular complexity index is 1080. The van der Waals surface area contributed by atoms with E-state index < -0.39 is 16.1 Å². The zero-order valence-corrected chi connectivity index (χ0v) is 17.7. The topological polar surface area (TPSA) is 83.5 Å². The predicted molar refractivity (Wildman–Crippen MR) is 114 cm³/mol. The molecule has 3 heterocycles. The van der Waals surface area contributed by atoms with Crippen LogP contribution in [0.25, 0.3) is 10.2 Å². The number of piperidine rings is 1. The molecule has 0 N–H and O–H groups in total. The maximum absolute atomic E-state index is 13.6. The zero-order chi connectivity index (χ0) is 20.4. The number of carbonyl (C=O) groups is 1. The van der Waals surface area contributed by atoms with Crippen molar-refractivity contribution in [1.29, 1.82) is 0 Å². The van der Waals surface area contributed by atoms with Gasteiger partial charge in [0.05, 0.1) is 28.7 Å². The molecule has 152 valence electrons. The molecule has 1 saturated heterocycles. The number of pyridine rings is 1. The highest BCUT2D eigenvalue weighted by atomic mass is 32.2. The molecule has 0 saturated carbocycles. The minimum atomic E-state index is -3.48. The van der Waals surface area contributed by atoms with Crippen LogP contribution in [0.5, 0.6) is 0 Å². The van der Waals surface area contributed by atoms with Crippen LogP contribution in [0.15, 0.2) is 48.7 Å². The predicted octanol–water partition coefficient (Wildman–Crippen LogP) is 3.04. The van der Waals surface area contributed by atoms with Crippen LogP contribution in [0, 0.1) is 0 Å². The van der Waals surface area contributed by atoms with E-state index in [0.29, 0.717) is 18.1 Å². The first-order valence-corrected chi connectivity index (χ1v) is 12.1. The molecule has 0 spiro atoms. The first kappa shape index (κ1) is 19.9. The molecule has 1 aliphatic rings. The van der Waals surface area contributed by atoms with Crippen molar-refractivity contribution in [3.8, 4) is 0 Å². The number of benzene rings is 1. The Morgan fingerprint density at radius 2 is 2.00 bits per heavy atom. The molecular weight excluding hydrogens is 408 g/mol. The van der Waals surface area contributed by atoms with E-state index in [-0.39, 0.29) is 12.5 Å². The van der Waals surface area contributed by atoms with E-state index in [1.54, 1.807) is 11.1 Å². The molecule has 29 heavy (non-hydrogen) atoms. The molecule has 2 aromatic heterocycles. The van der Waals surface area contributed by atoms with Gasteiger partial charge in [-0.1, -0.05) is 36.0 Å². The molecule has 0 aliphatic carbocycles. The van der Waals surface area contributed by atoms with Crippen LogP contribution in [0.4, 0.5) is 5.13 Å². The van der Waals surface area contributed by atoms with E-state index in [1.807, 2.05) is 42.5 Å². The Labute approximate surface area is 174 Å². The average molecular weight is 431 g/mol. The second-order valence-corrected chi connectivity index (χ2v) is 10.0. The summed E-state index contributed by atoms with van der Waals surface area (Å²) in [5, 5.41) is 0.556. The number of fused-ring (bicyclic) bond motifs is 1. The lowest BCUT2D eigenvalue weighted by molar-refractivity contribution is -0.123. The van der Waals surface area contributed by atoms with Crippen molar-refractivity contribution in [2.24, 2.45) is 0 Å². The second-order valence-electron chi connectivity index (χ2n) is 7.09. The Morgan fingerprint density at radius 1 is 1.21 bits per heavy atom. The van der Waals surface area contributed by atoms with Crippen molar-refractivity contribution >= 4 is 42.6 Å². The van der Waals surface area contributed by atoms with Gasteiger partial charge in [-0.25, -0.2) is 13.4 Å². The summed E-state index contributed by atoms with van der Waals surface area (Å²) in [4.78, 5) is 24.2. The van der Waals surface area contributed by atoms with E-state index >= 15 is 0 Å². The summed E-state index contributed by atoms with van der Waals surface area (Å²) in [6.45, 7) is 0.611. The van der Waals surface area contributed by atoms with Crippen molar-refractivity contribution in [3.05, 3.63) is 54.4 Å². The number of nitrogens with zero attached hydrogens (tertiary/aromatic N) is 4. The molecule has 4 rings (SSSR count). The first-order valence-electron chi connectivity index (χ1n) is 9.47. The molecule has 1 atom stereocenters. The molecule has 1 fully saturated rings. The lowest BCUT2D eigenvalue weighted by atomic mass is 10.0. The fourth-order valence-electron chi connectivity index (χ4n) is 3.60. The molecule has 7 nitrogen and oxygen atoms in total. The summed E-state index contributed by atoms with van der Waals surface area (Å²) >= 11 is 1.42. The Hall–Kier alpha value is -2.36. The number of para-hydroxylation sites is 1. The van der Waals surface area contributed by atoms with Gasteiger partial charge in [0, 0.05) is 12.7 Å². The largest absolute Gasteiger partial charge is 0.281 e. The number of hydrogen-bond acceptors (Lipinski definition) is 6. The van der Waals surface area contributed by atoms with E-state index in [1.165, 1.54) is 21.9 Å². The fourth-order valence-corrected chi connectivity index (χ4v) is 5.69. The fraction of sp³-hybridized carbons (Fsp3) is 0.350. The van der Waals surface area contributed by atoms with Crippen LogP contribution in [0.1, 0.15) is 25.0 Å². The van der Waals surface area contributed by atoms with Crippen LogP contribution in [-0.4, -0.2) is 47.4 Å². The minimum Gasteiger partial charge on any atom is -0.281 e. The number of sulfonamides is 1. The molecule has 1 amide bonds. The van der Waals surface area contributed by atoms with Gasteiger partial charge in [0.25, 0.3) is 0 Å². The summed E-state index contributed by atoms with van der Waals surface area (Å²) in [7, 11) is -3.48. The van der Waals surface area contributed by atoms with Gasteiger partial charge >= 0.3 is 0 Å². The Morgan fingerprint density at radius 3 is 2.72 bits per heavy atom. The number of rotatable bonds is 5. The Balaban J connectivity index is 1.73. The summed E-state index contributed by atoms with van der Waals surface area (Å²) in [5.74, 6) is -0.250. The van der Waals surface area contributed by atoms with Gasteiger partial charge in [-0.05, 0) is 37.1 Å². The van der Waals surface area contributed by atoms with Gasteiger partial charge in [-0.2, -0.15) is 4.31 Å². The van der Waals surface area contributed by atoms with Gasteiger partial charge in [0.1, 0.15) is 6.04 Å². The number of carbonyl (C=O) groups excluding carboxylic acids is 1. The monoisotopic (exact) mass is 430 g/mol. The summed E-state index contributed by atoms with van der Waals surface area (Å²) in [6, 6.07) is 12.5. The lowest BCUT2D eigenvalue weighted by Crippen LogP contribution is -2.52. The van der Waals surface area contributed by atoms with Crippen molar-refractivity contribution < 1.29 is 13.2 Å². The smallest absolute Gasteiger partial charge is 0.247 e. The van der Waals surface area contributed by atoms with Crippen LogP contribution in [0.2, 0.25) is 0 Å². The summed E-state index contributed by atoms with van der Waals surface area (Å²) in [6.07, 6.45) is 4.94. The third kappa shape index (κ3) is 4.31. The minimum absolute atomic E-state index is 0.244. The van der Waals surface area contributed by atoms with E-state index in [4.69, 9.17) is 0 Å². The summed E-state index contributed by atoms with van der Waals surface area (Å²) in [5.41, 5.74) is 1.54. The average Bonchev–Trinajstić information content (AvgIpc) is 3.15. The number of aromatic nitrogens is 2. The number of thiazole rings is 1. The molecule has 1 aliphatic heterocycles. The van der Waals surface area contributed by atoms with Gasteiger partial charge in [0.2, 0.25) is 15.9 Å².